The van der Waals surface area contributed by atoms with Crippen molar-refractivity contribution in [1.29, 1.82) is 0 Å². The van der Waals surface area contributed by atoms with E-state index in [1.165, 1.54) is 5.56 Å². The van der Waals surface area contributed by atoms with Gasteiger partial charge in [0.25, 0.3) is 0 Å². The van der Waals surface area contributed by atoms with Gasteiger partial charge in [-0.25, -0.2) is 0 Å². The molecule has 3 atom stereocenters. The van der Waals surface area contributed by atoms with E-state index in [4.69, 9.17) is 9.47 Å². The molecule has 3 rings (SSSR count). The molecule has 0 saturated heterocycles. The minimum Gasteiger partial charge on any atom is -0.488 e. The highest BCUT2D eigenvalue weighted by Gasteiger charge is 2.74. The van der Waals surface area contributed by atoms with E-state index in [0.717, 1.165) is 12.2 Å². The molecule has 0 spiro atoms. The van der Waals surface area contributed by atoms with Gasteiger partial charge in [-0.3, -0.25) is 4.79 Å². The molecule has 1 aliphatic carbocycles. The summed E-state index contributed by atoms with van der Waals surface area (Å²) in [6, 6.07) is 8.01. The summed E-state index contributed by atoms with van der Waals surface area (Å²) in [7, 11) is 0. The van der Waals surface area contributed by atoms with Crippen molar-refractivity contribution >= 4 is 5.97 Å². The first-order chi connectivity index (χ1) is 8.25. The maximum absolute atomic E-state index is 11.9. The number of para-hydroxylation sites is 1. The Kier molecular flexibility index (Phi) is 2.18. The van der Waals surface area contributed by atoms with Crippen molar-refractivity contribution in [3.8, 4) is 5.75 Å². The van der Waals surface area contributed by atoms with E-state index in [9.17, 15) is 4.79 Å². The zero-order valence-electron chi connectivity index (χ0n) is 10.1. The lowest BCUT2D eigenvalue weighted by molar-refractivity contribution is -0.145. The second-order valence-corrected chi connectivity index (χ2v) is 4.66. The average Bonchev–Trinajstić information content (AvgIpc) is 2.88. The lowest BCUT2D eigenvalue weighted by Gasteiger charge is -2.13. The maximum Gasteiger partial charge on any atom is 0.313 e. The fourth-order valence-corrected chi connectivity index (χ4v) is 3.17. The summed E-state index contributed by atoms with van der Waals surface area (Å²) in [5.74, 6) is 0.705. The number of hydrogen-bond donors (Lipinski definition) is 0. The largest absolute Gasteiger partial charge is 0.488 e. The van der Waals surface area contributed by atoms with E-state index in [1.807, 2.05) is 25.1 Å². The van der Waals surface area contributed by atoms with E-state index >= 15 is 0 Å². The number of benzene rings is 1. The van der Waals surface area contributed by atoms with Crippen molar-refractivity contribution in [2.75, 3.05) is 6.61 Å². The van der Waals surface area contributed by atoms with Crippen LogP contribution in [0.3, 0.4) is 0 Å². The zero-order chi connectivity index (χ0) is 12.0. The predicted octanol–water partition coefficient (Wildman–Crippen LogP) is 2.29. The minimum absolute atomic E-state index is 0.0102. The number of carbonyl (C=O) groups is 1. The summed E-state index contributed by atoms with van der Waals surface area (Å²) in [6.45, 7) is 4.38. The molecule has 0 amide bonds. The van der Waals surface area contributed by atoms with Gasteiger partial charge in [0.2, 0.25) is 0 Å². The highest BCUT2D eigenvalue weighted by molar-refractivity contribution is 5.83. The van der Waals surface area contributed by atoms with Crippen LogP contribution in [0.4, 0.5) is 0 Å². The average molecular weight is 232 g/mol. The first-order valence-corrected chi connectivity index (χ1v) is 6.18. The quantitative estimate of drug-likeness (QED) is 0.750. The lowest BCUT2D eigenvalue weighted by atomic mass is 9.90. The Labute approximate surface area is 101 Å². The Morgan fingerprint density at radius 2 is 2.18 bits per heavy atom. The van der Waals surface area contributed by atoms with E-state index in [-0.39, 0.29) is 23.4 Å². The normalized spacial score (nSPS) is 32.4. The van der Waals surface area contributed by atoms with Gasteiger partial charge in [0.05, 0.1) is 12.0 Å². The molecule has 17 heavy (non-hydrogen) atoms. The molecular weight excluding hydrogens is 216 g/mol. The van der Waals surface area contributed by atoms with Gasteiger partial charge in [0.15, 0.2) is 0 Å². The standard InChI is InChI=1S/C14H16O3/c1-3-14-9-7-5-6-8-10(9)17-12(14)11(14)13(15)16-4-2/h5-8,11-12H,3-4H2,1-2H3. The van der Waals surface area contributed by atoms with Crippen LogP contribution >= 0.6 is 0 Å². The van der Waals surface area contributed by atoms with Crippen LogP contribution < -0.4 is 4.74 Å². The fourth-order valence-electron chi connectivity index (χ4n) is 3.17. The van der Waals surface area contributed by atoms with Crippen molar-refractivity contribution in [1.82, 2.24) is 0 Å². The van der Waals surface area contributed by atoms with Crippen LogP contribution in [0.25, 0.3) is 0 Å². The molecule has 0 aromatic heterocycles. The highest BCUT2D eigenvalue weighted by Crippen LogP contribution is 2.65. The predicted molar refractivity (Wildman–Crippen MR) is 63.0 cm³/mol. The van der Waals surface area contributed by atoms with Gasteiger partial charge in [0.1, 0.15) is 17.8 Å². The van der Waals surface area contributed by atoms with Crippen molar-refractivity contribution in [3.63, 3.8) is 0 Å². The molecule has 1 aromatic carbocycles. The Morgan fingerprint density at radius 1 is 1.41 bits per heavy atom. The summed E-state index contributed by atoms with van der Waals surface area (Å²) in [5.41, 5.74) is 1.05. The van der Waals surface area contributed by atoms with Gasteiger partial charge < -0.3 is 9.47 Å². The summed E-state index contributed by atoms with van der Waals surface area (Å²) >= 11 is 0. The Hall–Kier alpha value is -1.51. The third kappa shape index (κ3) is 1.20. The Balaban J connectivity index is 1.95. The van der Waals surface area contributed by atoms with Crippen molar-refractivity contribution in [2.45, 2.75) is 31.8 Å². The van der Waals surface area contributed by atoms with Gasteiger partial charge in [-0.1, -0.05) is 25.1 Å². The molecule has 90 valence electrons. The first-order valence-electron chi connectivity index (χ1n) is 6.18. The van der Waals surface area contributed by atoms with Crippen LogP contribution in [0, 0.1) is 5.92 Å². The van der Waals surface area contributed by atoms with E-state index in [2.05, 4.69) is 13.0 Å². The lowest BCUT2D eigenvalue weighted by Crippen LogP contribution is -2.17. The van der Waals surface area contributed by atoms with Gasteiger partial charge >= 0.3 is 5.97 Å². The third-order valence-corrected chi connectivity index (χ3v) is 4.02. The minimum atomic E-state index is -0.122. The van der Waals surface area contributed by atoms with Crippen LogP contribution in [0.5, 0.6) is 5.75 Å². The second kappa shape index (κ2) is 3.49. The van der Waals surface area contributed by atoms with Gasteiger partial charge in [-0.15, -0.1) is 0 Å². The maximum atomic E-state index is 11.9. The summed E-state index contributed by atoms with van der Waals surface area (Å²) in [5, 5.41) is 0. The van der Waals surface area contributed by atoms with E-state index in [0.29, 0.717) is 6.61 Å². The Bertz CT molecular complexity index is 468. The number of ether oxygens (including phenoxy) is 2. The molecule has 0 bridgehead atoms. The van der Waals surface area contributed by atoms with Crippen LogP contribution in [0.15, 0.2) is 24.3 Å². The highest BCUT2D eigenvalue weighted by atomic mass is 16.5. The van der Waals surface area contributed by atoms with E-state index < -0.39 is 0 Å². The fraction of sp³-hybridized carbons (Fsp3) is 0.500. The van der Waals surface area contributed by atoms with E-state index in [1.54, 1.807) is 0 Å². The number of carbonyl (C=O) groups excluding carboxylic acids is 1. The monoisotopic (exact) mass is 232 g/mol. The zero-order valence-corrected chi connectivity index (χ0v) is 10.1. The second-order valence-electron chi connectivity index (χ2n) is 4.66. The third-order valence-electron chi connectivity index (χ3n) is 4.02. The van der Waals surface area contributed by atoms with Gasteiger partial charge in [0, 0.05) is 5.56 Å². The van der Waals surface area contributed by atoms with Gasteiger partial charge in [-0.2, -0.15) is 0 Å². The van der Waals surface area contributed by atoms with Crippen LogP contribution in [-0.2, 0) is 14.9 Å². The molecule has 0 N–H and O–H groups in total. The molecule has 0 radical (unpaired) electrons. The van der Waals surface area contributed by atoms with Crippen molar-refractivity contribution < 1.29 is 14.3 Å². The van der Waals surface area contributed by atoms with Gasteiger partial charge in [-0.05, 0) is 19.4 Å². The molecule has 3 unspecified atom stereocenters. The number of rotatable bonds is 3. The molecule has 3 nitrogen and oxygen atoms in total. The molecule has 1 aromatic rings. The smallest absolute Gasteiger partial charge is 0.313 e. The summed E-state index contributed by atoms with van der Waals surface area (Å²) in [4.78, 5) is 11.9. The SMILES string of the molecule is CCOC(=O)C1C2Oc3ccccc3C21CC. The topological polar surface area (TPSA) is 35.5 Å². The molecular formula is C14H16O3. The molecule has 1 saturated carbocycles. The van der Waals surface area contributed by atoms with Crippen molar-refractivity contribution in [2.24, 2.45) is 5.92 Å². The summed E-state index contributed by atoms with van der Waals surface area (Å²) in [6.07, 6.45) is 0.905. The van der Waals surface area contributed by atoms with Crippen LogP contribution in [0.1, 0.15) is 25.8 Å². The molecule has 1 heterocycles. The first kappa shape index (κ1) is 10.6. The Morgan fingerprint density at radius 3 is 2.88 bits per heavy atom. The molecule has 3 heteroatoms. The van der Waals surface area contributed by atoms with Crippen LogP contribution in [0.2, 0.25) is 0 Å². The number of fused-ring (bicyclic) bond motifs is 3. The van der Waals surface area contributed by atoms with Crippen LogP contribution in [-0.4, -0.2) is 18.7 Å². The molecule has 1 fully saturated rings. The molecule has 1 aliphatic heterocycles. The number of hydrogen-bond acceptors (Lipinski definition) is 3. The summed E-state index contributed by atoms with van der Waals surface area (Å²) < 4.78 is 11.0. The number of esters is 1. The van der Waals surface area contributed by atoms with Crippen molar-refractivity contribution in [3.05, 3.63) is 29.8 Å². The molecule has 2 aliphatic rings.